The Morgan fingerprint density at radius 3 is 2.90 bits per heavy atom. The van der Waals surface area contributed by atoms with Crippen molar-refractivity contribution < 1.29 is 1.37 Å². The fourth-order valence-corrected chi connectivity index (χ4v) is 0.791. The zero-order valence-corrected chi connectivity index (χ0v) is 6.56. The lowest BCUT2D eigenvalue weighted by Crippen LogP contribution is -1.72. The zero-order chi connectivity index (χ0) is 8.53. The summed E-state index contributed by atoms with van der Waals surface area (Å²) in [6.07, 6.45) is 7.38. The molecular formula is C9H15N. The van der Waals surface area contributed by atoms with Gasteiger partial charge in [-0.05, 0) is 12.8 Å². The molecule has 0 aromatic rings. The number of unbranched alkanes of at least 4 members (excludes halogenated alkanes) is 4. The Morgan fingerprint density at radius 1 is 1.50 bits per heavy atom. The van der Waals surface area contributed by atoms with Gasteiger partial charge in [0.05, 0.1) is 7.44 Å². The van der Waals surface area contributed by atoms with E-state index in [0.29, 0.717) is 0 Å². The van der Waals surface area contributed by atoms with E-state index in [1.807, 2.05) is 0 Å². The number of hydrogen-bond acceptors (Lipinski definition) is 1. The Kier molecular flexibility index (Phi) is 6.04. The zero-order valence-electron chi connectivity index (χ0n) is 7.56. The quantitative estimate of drug-likeness (QED) is 0.423. The summed E-state index contributed by atoms with van der Waals surface area (Å²) in [6, 6.07) is 1.88. The maximum absolute atomic E-state index is 8.23. The van der Waals surface area contributed by atoms with Crippen LogP contribution in [0, 0.1) is 11.3 Å². The first kappa shape index (κ1) is 7.34. The fraction of sp³-hybridized carbons (Fsp3) is 0.667. The van der Waals surface area contributed by atoms with Gasteiger partial charge in [-0.3, -0.25) is 0 Å². The Bertz CT molecular complexity index is 155. The van der Waals surface area contributed by atoms with E-state index in [0.717, 1.165) is 12.8 Å². The molecule has 0 aliphatic rings. The van der Waals surface area contributed by atoms with Crippen molar-refractivity contribution in [3.8, 4) is 6.07 Å². The van der Waals surface area contributed by atoms with Gasteiger partial charge in [0.2, 0.25) is 0 Å². The summed E-state index contributed by atoms with van der Waals surface area (Å²) in [7, 11) is 0. The second-order valence-corrected chi connectivity index (χ2v) is 2.31. The molecular weight excluding hydrogens is 122 g/mol. The van der Waals surface area contributed by atoms with Crippen LogP contribution in [0.25, 0.3) is 0 Å². The van der Waals surface area contributed by atoms with Crippen molar-refractivity contribution in [2.75, 3.05) is 0 Å². The lowest BCUT2D eigenvalue weighted by Gasteiger charge is -1.92. The highest BCUT2D eigenvalue weighted by molar-refractivity contribution is 5.01. The second-order valence-electron chi connectivity index (χ2n) is 2.31. The maximum atomic E-state index is 8.23. The Labute approximate surface area is 64.8 Å². The monoisotopic (exact) mass is 138 g/mol. The van der Waals surface area contributed by atoms with E-state index < -0.39 is 0 Å². The first-order valence-electron chi connectivity index (χ1n) is 4.38. The summed E-state index contributed by atoms with van der Waals surface area (Å²) in [5, 5.41) is 8.23. The van der Waals surface area contributed by atoms with Crippen LogP contribution in [0.3, 0.4) is 0 Å². The molecule has 0 fully saturated rings. The molecule has 0 heterocycles. The number of hydrogen-bond donors (Lipinski definition) is 0. The molecule has 0 aromatic carbocycles. The van der Waals surface area contributed by atoms with Crippen LogP contribution in [-0.2, 0) is 0 Å². The van der Waals surface area contributed by atoms with E-state index in [1.165, 1.54) is 19.3 Å². The molecule has 1 heteroatoms. The Hall–Kier alpha value is -0.770. The van der Waals surface area contributed by atoms with E-state index in [9.17, 15) is 0 Å². The van der Waals surface area contributed by atoms with Crippen molar-refractivity contribution >= 4 is 0 Å². The van der Waals surface area contributed by atoms with Crippen LogP contribution in [-0.4, -0.2) is 0 Å². The molecule has 0 rings (SSSR count). The highest BCUT2D eigenvalue weighted by Crippen LogP contribution is 2.02. The van der Waals surface area contributed by atoms with Crippen molar-refractivity contribution in [1.82, 2.24) is 0 Å². The van der Waals surface area contributed by atoms with E-state index in [-0.39, 0.29) is 6.05 Å². The van der Waals surface area contributed by atoms with E-state index in [2.05, 4.69) is 6.92 Å². The van der Waals surface area contributed by atoms with E-state index in [4.69, 9.17) is 6.63 Å². The van der Waals surface area contributed by atoms with Gasteiger partial charge in [-0.2, -0.15) is 5.26 Å². The number of rotatable bonds is 5. The van der Waals surface area contributed by atoms with Crippen LogP contribution in [0.2, 0.25) is 0 Å². The molecule has 0 aliphatic heterocycles. The highest BCUT2D eigenvalue weighted by Gasteiger charge is 1.82. The predicted molar refractivity (Wildman–Crippen MR) is 43.5 cm³/mol. The summed E-state index contributed by atoms with van der Waals surface area (Å²) >= 11 is 0. The third kappa shape index (κ3) is 7.23. The lowest BCUT2D eigenvalue weighted by atomic mass is 10.1. The minimum Gasteiger partial charge on any atom is -0.193 e. The van der Waals surface area contributed by atoms with Gasteiger partial charge in [0.1, 0.15) is 0 Å². The third-order valence-electron chi connectivity index (χ3n) is 1.37. The lowest BCUT2D eigenvalue weighted by molar-refractivity contribution is 0.674. The van der Waals surface area contributed by atoms with Gasteiger partial charge in [0.15, 0.2) is 0 Å². The van der Waals surface area contributed by atoms with Crippen molar-refractivity contribution in [1.29, 1.82) is 5.26 Å². The molecule has 1 nitrogen and oxygen atoms in total. The maximum Gasteiger partial charge on any atom is 0.0908 e. The minimum absolute atomic E-state index is 0.0986. The average Bonchev–Trinajstić information content (AvgIpc) is 2.04. The first-order chi connectivity index (χ1) is 5.31. The topological polar surface area (TPSA) is 23.8 Å². The highest BCUT2D eigenvalue weighted by atomic mass is 14.2. The molecule has 0 saturated heterocycles. The van der Waals surface area contributed by atoms with Crippen LogP contribution in [0.4, 0.5) is 0 Å². The molecule has 0 radical (unpaired) electrons. The molecule has 0 unspecified atom stereocenters. The van der Waals surface area contributed by atoms with Gasteiger partial charge in [-0.1, -0.05) is 32.3 Å². The van der Waals surface area contributed by atoms with Crippen molar-refractivity contribution in [3.05, 3.63) is 12.1 Å². The SMILES string of the molecule is [2H]/C(C#N)=C\CCCCCC. The predicted octanol–water partition coefficient (Wildman–Crippen LogP) is 3.04. The number of allylic oxidation sites excluding steroid dienone is 2. The van der Waals surface area contributed by atoms with Crippen molar-refractivity contribution in [2.45, 2.75) is 39.0 Å². The van der Waals surface area contributed by atoms with Gasteiger partial charge in [0, 0.05) is 6.05 Å². The number of nitriles is 1. The summed E-state index contributed by atoms with van der Waals surface area (Å²) in [4.78, 5) is 0. The molecule has 0 bridgehead atoms. The number of nitrogens with zero attached hydrogens (tertiary/aromatic N) is 1. The van der Waals surface area contributed by atoms with Gasteiger partial charge in [-0.25, -0.2) is 0 Å². The summed E-state index contributed by atoms with van der Waals surface area (Å²) < 4.78 is 7.00. The Balaban J connectivity index is 3.21. The van der Waals surface area contributed by atoms with Crippen molar-refractivity contribution in [3.63, 3.8) is 0 Å². The van der Waals surface area contributed by atoms with Crippen LogP contribution in [0.15, 0.2) is 12.1 Å². The normalized spacial score (nSPS) is 12.4. The van der Waals surface area contributed by atoms with E-state index in [1.54, 1.807) is 12.1 Å². The van der Waals surface area contributed by atoms with Gasteiger partial charge < -0.3 is 0 Å². The largest absolute Gasteiger partial charge is 0.193 e. The smallest absolute Gasteiger partial charge is 0.0908 e. The summed E-state index contributed by atoms with van der Waals surface area (Å²) in [5.74, 6) is 0. The van der Waals surface area contributed by atoms with Gasteiger partial charge in [-0.15, -0.1) is 0 Å². The molecule has 0 spiro atoms. The Morgan fingerprint density at radius 2 is 2.30 bits per heavy atom. The summed E-state index contributed by atoms with van der Waals surface area (Å²) in [6.45, 7) is 2.17. The third-order valence-corrected chi connectivity index (χ3v) is 1.37. The van der Waals surface area contributed by atoms with Crippen LogP contribution in [0.1, 0.15) is 40.4 Å². The molecule has 0 aromatic heterocycles. The molecule has 0 N–H and O–H groups in total. The van der Waals surface area contributed by atoms with Crippen LogP contribution in [0.5, 0.6) is 0 Å². The minimum atomic E-state index is 0.0986. The standard InChI is InChI=1S/C9H15N/c1-2-3-4-5-6-7-8-9-10/h7-8H,2-6H2,1H3/b8-7+/i8D. The summed E-state index contributed by atoms with van der Waals surface area (Å²) in [5.41, 5.74) is 0. The molecule has 56 valence electrons. The molecule has 0 atom stereocenters. The molecule has 0 amide bonds. The first-order valence-corrected chi connectivity index (χ1v) is 3.88. The second kappa shape index (κ2) is 8.23. The molecule has 0 aliphatic carbocycles. The van der Waals surface area contributed by atoms with Crippen LogP contribution < -0.4 is 0 Å². The van der Waals surface area contributed by atoms with Gasteiger partial charge >= 0.3 is 0 Å². The van der Waals surface area contributed by atoms with Crippen molar-refractivity contribution in [2.24, 2.45) is 0 Å². The molecule has 0 saturated carbocycles. The van der Waals surface area contributed by atoms with Crippen LogP contribution >= 0.6 is 0 Å². The average molecular weight is 138 g/mol. The molecule has 10 heavy (non-hydrogen) atoms. The fourth-order valence-electron chi connectivity index (χ4n) is 0.791. The van der Waals surface area contributed by atoms with E-state index >= 15 is 0 Å². The van der Waals surface area contributed by atoms with Gasteiger partial charge in [0.25, 0.3) is 0 Å².